The minimum absolute atomic E-state index is 0.293. The third-order valence-corrected chi connectivity index (χ3v) is 7.60. The van der Waals surface area contributed by atoms with E-state index in [1.807, 2.05) is 0 Å². The summed E-state index contributed by atoms with van der Waals surface area (Å²) in [7, 11) is 0. The molecular formula is C26H24Cl3F3N6S. The fourth-order valence-electron chi connectivity index (χ4n) is 3.44. The standard InChI is InChI=1S/C26H24Cl3F3N6S/c1-13(2)14(3)6-5-11-33-24-37-22(34-15-9-10-16(19(29)12-15)26(30,31)32)21-23(38-24)39-25(36-21)35-20-17(27)7-4-8-18(20)28/h4,6-10,12-13H,5,11H2,1-3H3,(H,35,36)(H2,33,34,37,38)/b14-6+. The van der Waals surface area contributed by atoms with Crippen molar-refractivity contribution < 1.29 is 13.2 Å². The van der Waals surface area contributed by atoms with Gasteiger partial charge < -0.3 is 16.0 Å². The fourth-order valence-corrected chi connectivity index (χ4v) is 5.07. The van der Waals surface area contributed by atoms with E-state index in [1.165, 1.54) is 29.0 Å². The van der Waals surface area contributed by atoms with Gasteiger partial charge in [-0.05, 0) is 49.6 Å². The van der Waals surface area contributed by atoms with Crippen LogP contribution in [0.3, 0.4) is 0 Å². The zero-order valence-corrected chi connectivity index (χ0v) is 24.1. The van der Waals surface area contributed by atoms with Gasteiger partial charge in [-0.1, -0.05) is 77.7 Å². The van der Waals surface area contributed by atoms with Gasteiger partial charge in [0, 0.05) is 12.2 Å². The van der Waals surface area contributed by atoms with Crippen LogP contribution in [-0.4, -0.2) is 21.5 Å². The lowest BCUT2D eigenvalue weighted by molar-refractivity contribution is -0.137. The van der Waals surface area contributed by atoms with Crippen LogP contribution in [0.1, 0.15) is 32.8 Å². The highest BCUT2D eigenvalue weighted by Gasteiger charge is 2.33. The third-order valence-electron chi connectivity index (χ3n) is 5.80. The van der Waals surface area contributed by atoms with Gasteiger partial charge in [0.2, 0.25) is 5.95 Å². The van der Waals surface area contributed by atoms with Crippen LogP contribution in [0.15, 0.2) is 48.0 Å². The Bertz CT molecular complexity index is 1500. The summed E-state index contributed by atoms with van der Waals surface area (Å²) in [4.78, 5) is 14.3. The Morgan fingerprint density at radius 2 is 1.72 bits per heavy atom. The Kier molecular flexibility index (Phi) is 9.10. The average molecular weight is 616 g/mol. The summed E-state index contributed by atoms with van der Waals surface area (Å²) in [6.07, 6.45) is -1.64. The summed E-state index contributed by atoms with van der Waals surface area (Å²) >= 11 is 19.8. The molecule has 3 N–H and O–H groups in total. The highest BCUT2D eigenvalue weighted by atomic mass is 35.5. The maximum Gasteiger partial charge on any atom is 0.417 e. The second-order valence-electron chi connectivity index (χ2n) is 8.93. The molecule has 0 unspecified atom stereocenters. The van der Waals surface area contributed by atoms with Crippen LogP contribution in [0.4, 0.5) is 41.4 Å². The third kappa shape index (κ3) is 7.25. The molecule has 0 aliphatic carbocycles. The van der Waals surface area contributed by atoms with Crippen molar-refractivity contribution in [3.05, 3.63) is 68.7 Å². The highest BCUT2D eigenvalue weighted by Crippen LogP contribution is 2.39. The molecule has 0 spiro atoms. The van der Waals surface area contributed by atoms with Crippen molar-refractivity contribution in [3.8, 4) is 0 Å². The molecule has 206 valence electrons. The fraction of sp³-hybridized carbons (Fsp3) is 0.269. The van der Waals surface area contributed by atoms with E-state index < -0.39 is 16.8 Å². The number of nitrogens with one attached hydrogen (secondary N) is 3. The van der Waals surface area contributed by atoms with Crippen LogP contribution >= 0.6 is 46.1 Å². The zero-order chi connectivity index (χ0) is 28.3. The molecule has 0 aliphatic heterocycles. The van der Waals surface area contributed by atoms with Gasteiger partial charge in [-0.3, -0.25) is 0 Å². The van der Waals surface area contributed by atoms with Crippen molar-refractivity contribution in [2.45, 2.75) is 33.4 Å². The van der Waals surface area contributed by atoms with Gasteiger partial charge in [0.05, 0.1) is 26.3 Å². The zero-order valence-electron chi connectivity index (χ0n) is 21.1. The number of hydrogen-bond donors (Lipinski definition) is 3. The van der Waals surface area contributed by atoms with Gasteiger partial charge in [0.15, 0.2) is 15.8 Å². The lowest BCUT2D eigenvalue weighted by Crippen LogP contribution is -2.08. The second-order valence-corrected chi connectivity index (χ2v) is 11.1. The normalized spacial score (nSPS) is 12.3. The smallest absolute Gasteiger partial charge is 0.354 e. The Morgan fingerprint density at radius 3 is 2.36 bits per heavy atom. The molecule has 0 saturated carbocycles. The van der Waals surface area contributed by atoms with E-state index in [-0.39, 0.29) is 0 Å². The number of benzene rings is 2. The van der Waals surface area contributed by atoms with E-state index in [4.69, 9.17) is 34.8 Å². The minimum Gasteiger partial charge on any atom is -0.354 e. The first kappa shape index (κ1) is 29.2. The first-order valence-corrected chi connectivity index (χ1v) is 13.8. The van der Waals surface area contributed by atoms with Crippen molar-refractivity contribution in [2.24, 2.45) is 5.92 Å². The van der Waals surface area contributed by atoms with Crippen LogP contribution < -0.4 is 16.0 Å². The van der Waals surface area contributed by atoms with Crippen molar-refractivity contribution >= 4 is 84.8 Å². The molecule has 0 radical (unpaired) electrons. The molecule has 0 aliphatic rings. The summed E-state index contributed by atoms with van der Waals surface area (Å²) in [6, 6.07) is 8.51. The number of allylic oxidation sites excluding steroid dienone is 1. The minimum atomic E-state index is -4.56. The predicted molar refractivity (Wildman–Crippen MR) is 156 cm³/mol. The van der Waals surface area contributed by atoms with E-state index >= 15 is 0 Å². The number of fused-ring (bicyclic) bond motifs is 1. The number of nitrogens with zero attached hydrogens (tertiary/aromatic N) is 3. The van der Waals surface area contributed by atoms with Crippen LogP contribution in [0, 0.1) is 5.92 Å². The predicted octanol–water partition coefficient (Wildman–Crippen LogP) is 9.96. The lowest BCUT2D eigenvalue weighted by atomic mass is 10.0. The largest absolute Gasteiger partial charge is 0.417 e. The lowest BCUT2D eigenvalue weighted by Gasteiger charge is -2.12. The van der Waals surface area contributed by atoms with Crippen LogP contribution in [0.25, 0.3) is 10.3 Å². The first-order chi connectivity index (χ1) is 18.4. The summed E-state index contributed by atoms with van der Waals surface area (Å²) < 4.78 is 39.5. The molecule has 2 aromatic heterocycles. The van der Waals surface area contributed by atoms with Gasteiger partial charge in [-0.25, -0.2) is 4.98 Å². The highest BCUT2D eigenvalue weighted by molar-refractivity contribution is 7.22. The molecule has 4 rings (SSSR count). The molecule has 2 heterocycles. The molecule has 0 saturated heterocycles. The number of para-hydroxylation sites is 1. The summed E-state index contributed by atoms with van der Waals surface area (Å²) in [5, 5.41) is 10.2. The molecular weight excluding hydrogens is 592 g/mol. The molecule has 6 nitrogen and oxygen atoms in total. The number of aromatic nitrogens is 3. The van der Waals surface area contributed by atoms with Gasteiger partial charge in [0.25, 0.3) is 0 Å². The van der Waals surface area contributed by atoms with Crippen molar-refractivity contribution in [1.82, 2.24) is 15.0 Å². The quantitative estimate of drug-likeness (QED) is 0.129. The van der Waals surface area contributed by atoms with E-state index in [9.17, 15) is 13.2 Å². The van der Waals surface area contributed by atoms with E-state index in [0.717, 1.165) is 12.5 Å². The molecule has 0 bridgehead atoms. The molecule has 0 atom stereocenters. The topological polar surface area (TPSA) is 74.8 Å². The summed E-state index contributed by atoms with van der Waals surface area (Å²) in [5.74, 6) is 1.09. The van der Waals surface area contributed by atoms with E-state index in [2.05, 4.69) is 57.7 Å². The first-order valence-electron chi connectivity index (χ1n) is 11.9. The molecule has 2 aromatic carbocycles. The monoisotopic (exact) mass is 614 g/mol. The maximum absolute atomic E-state index is 13.2. The van der Waals surface area contributed by atoms with Crippen molar-refractivity contribution in [2.75, 3.05) is 22.5 Å². The average Bonchev–Trinajstić information content (AvgIpc) is 3.26. The molecule has 0 amide bonds. The summed E-state index contributed by atoms with van der Waals surface area (Å²) in [6.45, 7) is 6.93. The summed E-state index contributed by atoms with van der Waals surface area (Å²) in [5.41, 5.74) is 1.56. The number of rotatable bonds is 9. The van der Waals surface area contributed by atoms with Crippen molar-refractivity contribution in [3.63, 3.8) is 0 Å². The van der Waals surface area contributed by atoms with Gasteiger partial charge in [-0.2, -0.15) is 23.1 Å². The molecule has 0 fully saturated rings. The van der Waals surface area contributed by atoms with Crippen molar-refractivity contribution in [1.29, 1.82) is 0 Å². The number of thiazole rings is 1. The number of halogens is 6. The van der Waals surface area contributed by atoms with Crippen LogP contribution in [0.2, 0.25) is 15.1 Å². The van der Waals surface area contributed by atoms with Gasteiger partial charge in [0.1, 0.15) is 5.52 Å². The molecule has 39 heavy (non-hydrogen) atoms. The Hall–Kier alpha value is -2.79. The Labute approximate surface area is 242 Å². The van der Waals surface area contributed by atoms with E-state index in [0.29, 0.717) is 61.1 Å². The number of anilines is 5. The Morgan fingerprint density at radius 1 is 1.00 bits per heavy atom. The maximum atomic E-state index is 13.2. The second kappa shape index (κ2) is 12.2. The van der Waals surface area contributed by atoms with Gasteiger partial charge >= 0.3 is 6.18 Å². The van der Waals surface area contributed by atoms with E-state index in [1.54, 1.807) is 18.2 Å². The SMILES string of the molecule is C/C(=C\CCNc1nc(Nc2ccc(C(F)(F)F)c(Cl)c2)c2nc(Nc3c(Cl)cccc3Cl)sc2n1)C(C)C. The number of alkyl halides is 3. The van der Waals surface area contributed by atoms with Crippen LogP contribution in [0.5, 0.6) is 0 Å². The van der Waals surface area contributed by atoms with Gasteiger partial charge in [-0.15, -0.1) is 0 Å². The number of hydrogen-bond acceptors (Lipinski definition) is 7. The van der Waals surface area contributed by atoms with Crippen LogP contribution in [-0.2, 0) is 6.18 Å². The molecule has 13 heteroatoms. The Balaban J connectivity index is 1.68. The molecule has 4 aromatic rings.